The fourth-order valence-corrected chi connectivity index (χ4v) is 0.921. The first-order valence-electron chi connectivity index (χ1n) is 4.65. The van der Waals surface area contributed by atoms with E-state index in [1.807, 2.05) is 13.8 Å². The molecule has 0 aromatic carbocycles. The minimum Gasteiger partial charge on any atom is -0.454 e. The summed E-state index contributed by atoms with van der Waals surface area (Å²) in [5.41, 5.74) is 0. The van der Waals surface area contributed by atoms with E-state index in [0.29, 0.717) is 13.1 Å². The van der Waals surface area contributed by atoms with Gasteiger partial charge in [0.25, 0.3) is 5.91 Å². The molecule has 5 nitrogen and oxygen atoms in total. The third-order valence-electron chi connectivity index (χ3n) is 1.80. The molecule has 0 aromatic rings. The molecule has 0 aliphatic heterocycles. The molecule has 0 saturated carbocycles. The lowest BCUT2D eigenvalue weighted by Gasteiger charge is -2.18. The minimum absolute atomic E-state index is 0.246. The van der Waals surface area contributed by atoms with Crippen molar-refractivity contribution in [3.8, 4) is 0 Å². The van der Waals surface area contributed by atoms with Crippen molar-refractivity contribution in [1.82, 2.24) is 4.90 Å². The number of nitrogens with zero attached hydrogens (tertiary/aromatic N) is 1. The molecule has 0 aliphatic carbocycles. The molecule has 0 bridgehead atoms. The number of aliphatic hydroxyl groups is 1. The Morgan fingerprint density at radius 3 is 2.21 bits per heavy atom. The summed E-state index contributed by atoms with van der Waals surface area (Å²) in [6.07, 6.45) is -1.18. The van der Waals surface area contributed by atoms with Gasteiger partial charge in [-0.15, -0.1) is 0 Å². The molecular formula is C9H17NO4. The van der Waals surface area contributed by atoms with E-state index < -0.39 is 12.1 Å². The van der Waals surface area contributed by atoms with Gasteiger partial charge >= 0.3 is 5.97 Å². The summed E-state index contributed by atoms with van der Waals surface area (Å²) in [6, 6.07) is 0. The van der Waals surface area contributed by atoms with Gasteiger partial charge in [0.05, 0.1) is 0 Å². The molecule has 1 unspecified atom stereocenters. The molecule has 1 amide bonds. The number of hydrogen-bond donors (Lipinski definition) is 1. The molecule has 0 aliphatic rings. The van der Waals surface area contributed by atoms with E-state index in [9.17, 15) is 9.59 Å². The zero-order valence-corrected chi connectivity index (χ0v) is 8.82. The molecule has 0 aromatic heterocycles. The number of likely N-dealkylation sites (N-methyl/N-ethyl adjacent to an activating group) is 1. The monoisotopic (exact) mass is 203 g/mol. The second-order valence-electron chi connectivity index (χ2n) is 2.85. The largest absolute Gasteiger partial charge is 0.454 e. The minimum atomic E-state index is -1.18. The highest BCUT2D eigenvalue weighted by molar-refractivity contribution is 5.81. The maximum atomic E-state index is 11.3. The van der Waals surface area contributed by atoms with Crippen LogP contribution in [0.5, 0.6) is 0 Å². The Labute approximate surface area is 83.6 Å². The molecule has 0 heterocycles. The van der Waals surface area contributed by atoms with E-state index in [-0.39, 0.29) is 12.5 Å². The third kappa shape index (κ3) is 4.23. The number of ether oxygens (including phenoxy) is 1. The van der Waals surface area contributed by atoms with Gasteiger partial charge in [-0.05, 0) is 20.8 Å². The van der Waals surface area contributed by atoms with E-state index in [1.165, 1.54) is 6.92 Å². The average Bonchev–Trinajstić information content (AvgIpc) is 2.15. The number of amides is 1. The summed E-state index contributed by atoms with van der Waals surface area (Å²) in [6.45, 7) is 5.86. The highest BCUT2D eigenvalue weighted by atomic mass is 16.5. The Kier molecular flexibility index (Phi) is 5.87. The molecule has 1 N–H and O–H groups in total. The number of rotatable bonds is 5. The molecule has 0 fully saturated rings. The first-order chi connectivity index (χ1) is 6.52. The highest BCUT2D eigenvalue weighted by Gasteiger charge is 2.15. The van der Waals surface area contributed by atoms with Crippen LogP contribution in [0.15, 0.2) is 0 Å². The van der Waals surface area contributed by atoms with Crippen LogP contribution >= 0.6 is 0 Å². The molecule has 5 heteroatoms. The summed E-state index contributed by atoms with van der Waals surface area (Å²) in [5.74, 6) is -1.02. The Bertz CT molecular complexity index is 199. The van der Waals surface area contributed by atoms with E-state index in [4.69, 9.17) is 5.11 Å². The van der Waals surface area contributed by atoms with Crippen molar-refractivity contribution in [2.24, 2.45) is 0 Å². The van der Waals surface area contributed by atoms with Crippen LogP contribution in [0.3, 0.4) is 0 Å². The molecule has 0 radical (unpaired) electrons. The van der Waals surface area contributed by atoms with E-state index in [0.717, 1.165) is 0 Å². The Hall–Kier alpha value is -1.10. The van der Waals surface area contributed by atoms with Gasteiger partial charge in [0.2, 0.25) is 0 Å². The SMILES string of the molecule is CCN(CC)C(=O)COC(=O)C(C)O. The van der Waals surface area contributed by atoms with Gasteiger partial charge in [-0.2, -0.15) is 0 Å². The average molecular weight is 203 g/mol. The standard InChI is InChI=1S/C9H17NO4/c1-4-10(5-2)8(12)6-14-9(13)7(3)11/h7,11H,4-6H2,1-3H3. The zero-order chi connectivity index (χ0) is 11.1. The Morgan fingerprint density at radius 1 is 1.36 bits per heavy atom. The fraction of sp³-hybridized carbons (Fsp3) is 0.778. The summed E-state index contributed by atoms with van der Waals surface area (Å²) in [7, 11) is 0. The van der Waals surface area contributed by atoms with Crippen LogP contribution in [0.25, 0.3) is 0 Å². The second kappa shape index (κ2) is 6.37. The van der Waals surface area contributed by atoms with Gasteiger partial charge in [-0.25, -0.2) is 4.79 Å². The lowest BCUT2D eigenvalue weighted by atomic mass is 10.4. The van der Waals surface area contributed by atoms with Crippen molar-refractivity contribution in [2.45, 2.75) is 26.9 Å². The van der Waals surface area contributed by atoms with Crippen molar-refractivity contribution >= 4 is 11.9 Å². The molecule has 1 atom stereocenters. The first-order valence-corrected chi connectivity index (χ1v) is 4.65. The number of hydrogen-bond acceptors (Lipinski definition) is 4. The number of carbonyl (C=O) groups is 2. The van der Waals surface area contributed by atoms with Crippen LogP contribution in [-0.4, -0.2) is 47.7 Å². The molecule has 0 saturated heterocycles. The topological polar surface area (TPSA) is 66.8 Å². The van der Waals surface area contributed by atoms with Crippen molar-refractivity contribution in [2.75, 3.05) is 19.7 Å². The van der Waals surface area contributed by atoms with E-state index in [2.05, 4.69) is 4.74 Å². The molecule has 82 valence electrons. The predicted octanol–water partition coefficient (Wildman–Crippen LogP) is -0.221. The van der Waals surface area contributed by atoms with Crippen molar-refractivity contribution in [1.29, 1.82) is 0 Å². The third-order valence-corrected chi connectivity index (χ3v) is 1.80. The van der Waals surface area contributed by atoms with Crippen molar-refractivity contribution < 1.29 is 19.4 Å². The van der Waals surface area contributed by atoms with Crippen LogP contribution in [0.1, 0.15) is 20.8 Å². The van der Waals surface area contributed by atoms with E-state index >= 15 is 0 Å². The number of aliphatic hydroxyl groups excluding tert-OH is 1. The van der Waals surface area contributed by atoms with Crippen molar-refractivity contribution in [3.63, 3.8) is 0 Å². The lowest BCUT2D eigenvalue weighted by molar-refractivity contribution is -0.158. The maximum absolute atomic E-state index is 11.3. The molecule has 0 spiro atoms. The quantitative estimate of drug-likeness (QED) is 0.627. The summed E-state index contributed by atoms with van der Waals surface area (Å²) >= 11 is 0. The van der Waals surface area contributed by atoms with Gasteiger partial charge in [0.1, 0.15) is 6.10 Å². The van der Waals surface area contributed by atoms with Gasteiger partial charge in [-0.1, -0.05) is 0 Å². The first kappa shape index (κ1) is 12.9. The summed E-state index contributed by atoms with van der Waals surface area (Å²) < 4.78 is 4.57. The van der Waals surface area contributed by atoms with Gasteiger partial charge < -0.3 is 14.7 Å². The Balaban J connectivity index is 3.89. The fourth-order valence-electron chi connectivity index (χ4n) is 0.921. The Morgan fingerprint density at radius 2 is 1.86 bits per heavy atom. The van der Waals surface area contributed by atoms with Crippen LogP contribution in [0.4, 0.5) is 0 Å². The lowest BCUT2D eigenvalue weighted by Crippen LogP contribution is -2.35. The number of esters is 1. The smallest absolute Gasteiger partial charge is 0.335 e. The van der Waals surface area contributed by atoms with Crippen LogP contribution in [0, 0.1) is 0 Å². The van der Waals surface area contributed by atoms with Crippen LogP contribution in [0.2, 0.25) is 0 Å². The maximum Gasteiger partial charge on any atom is 0.335 e. The van der Waals surface area contributed by atoms with Crippen LogP contribution in [-0.2, 0) is 14.3 Å². The van der Waals surface area contributed by atoms with E-state index in [1.54, 1.807) is 4.90 Å². The predicted molar refractivity (Wildman–Crippen MR) is 50.6 cm³/mol. The van der Waals surface area contributed by atoms with Gasteiger partial charge in [-0.3, -0.25) is 4.79 Å². The van der Waals surface area contributed by atoms with Crippen LogP contribution < -0.4 is 0 Å². The van der Waals surface area contributed by atoms with Gasteiger partial charge in [0, 0.05) is 13.1 Å². The summed E-state index contributed by atoms with van der Waals surface area (Å²) in [4.78, 5) is 23.7. The molecular weight excluding hydrogens is 186 g/mol. The normalized spacial score (nSPS) is 12.0. The van der Waals surface area contributed by atoms with Crippen molar-refractivity contribution in [3.05, 3.63) is 0 Å². The second-order valence-corrected chi connectivity index (χ2v) is 2.85. The number of carbonyl (C=O) groups excluding carboxylic acids is 2. The zero-order valence-electron chi connectivity index (χ0n) is 8.82. The molecule has 14 heavy (non-hydrogen) atoms. The summed E-state index contributed by atoms with van der Waals surface area (Å²) in [5, 5.41) is 8.79. The molecule has 0 rings (SSSR count). The van der Waals surface area contributed by atoms with Gasteiger partial charge in [0.15, 0.2) is 6.61 Å². The highest BCUT2D eigenvalue weighted by Crippen LogP contribution is 1.92.